The summed E-state index contributed by atoms with van der Waals surface area (Å²) >= 11 is 0. The molecule has 64 valence electrons. The fraction of sp³-hybridized carbons (Fsp3) is 0.500. The molecule has 1 N–H and O–H groups in total. The van der Waals surface area contributed by atoms with E-state index in [4.69, 9.17) is 4.74 Å². The number of hydrogen-bond acceptors (Lipinski definition) is 4. The summed E-state index contributed by atoms with van der Waals surface area (Å²) in [7, 11) is 1.86. The summed E-state index contributed by atoms with van der Waals surface area (Å²) in [5, 5.41) is 3.04. The van der Waals surface area contributed by atoms with Gasteiger partial charge in [-0.2, -0.15) is 0 Å². The van der Waals surface area contributed by atoms with Gasteiger partial charge in [0.1, 0.15) is 11.6 Å². The minimum Gasteiger partial charge on any atom is -0.373 e. The van der Waals surface area contributed by atoms with E-state index in [1.54, 1.807) is 0 Å². The molecule has 0 saturated carbocycles. The molecule has 2 rings (SSSR count). The Hall–Kier alpha value is -1.16. The van der Waals surface area contributed by atoms with Gasteiger partial charge in [0.05, 0.1) is 18.9 Å². The van der Waals surface area contributed by atoms with Crippen molar-refractivity contribution in [1.29, 1.82) is 0 Å². The summed E-state index contributed by atoms with van der Waals surface area (Å²) in [5.74, 6) is 1.69. The summed E-state index contributed by atoms with van der Waals surface area (Å²) in [6, 6.07) is 0. The Morgan fingerprint density at radius 3 is 2.92 bits per heavy atom. The second-order valence-corrected chi connectivity index (χ2v) is 2.79. The van der Waals surface area contributed by atoms with Crippen LogP contribution in [0, 0.1) is 6.92 Å². The number of aromatic nitrogens is 2. The summed E-state index contributed by atoms with van der Waals surface area (Å²) < 4.78 is 5.27. The van der Waals surface area contributed by atoms with Gasteiger partial charge in [0.25, 0.3) is 0 Å². The van der Waals surface area contributed by atoms with E-state index in [2.05, 4.69) is 15.3 Å². The molecule has 1 aromatic heterocycles. The SMILES string of the molecule is CNc1nc(C)nc2c1COC2. The van der Waals surface area contributed by atoms with Gasteiger partial charge in [-0.05, 0) is 6.92 Å². The molecule has 0 bridgehead atoms. The molecule has 1 aromatic rings. The molecular weight excluding hydrogens is 154 g/mol. The maximum Gasteiger partial charge on any atom is 0.135 e. The molecule has 2 heterocycles. The highest BCUT2D eigenvalue weighted by Crippen LogP contribution is 2.23. The van der Waals surface area contributed by atoms with Crippen LogP contribution < -0.4 is 5.32 Å². The zero-order valence-electron chi connectivity index (χ0n) is 7.22. The highest BCUT2D eigenvalue weighted by atomic mass is 16.5. The zero-order valence-corrected chi connectivity index (χ0v) is 7.22. The van der Waals surface area contributed by atoms with Gasteiger partial charge in [-0.3, -0.25) is 0 Å². The molecule has 0 fully saturated rings. The second kappa shape index (κ2) is 2.71. The van der Waals surface area contributed by atoms with Crippen molar-refractivity contribution in [3.05, 3.63) is 17.1 Å². The molecule has 1 aliphatic heterocycles. The number of ether oxygens (including phenoxy) is 1. The first-order valence-corrected chi connectivity index (χ1v) is 3.93. The Bertz CT molecular complexity index is 311. The van der Waals surface area contributed by atoms with Crippen molar-refractivity contribution in [2.45, 2.75) is 20.1 Å². The molecule has 12 heavy (non-hydrogen) atoms. The predicted octanol–water partition coefficient (Wildman–Crippen LogP) is 0.857. The molecule has 1 aliphatic rings. The monoisotopic (exact) mass is 165 g/mol. The normalized spacial score (nSPS) is 14.5. The summed E-state index contributed by atoms with van der Waals surface area (Å²) in [6.07, 6.45) is 0. The van der Waals surface area contributed by atoms with Crippen molar-refractivity contribution in [2.24, 2.45) is 0 Å². The number of rotatable bonds is 1. The molecule has 0 unspecified atom stereocenters. The van der Waals surface area contributed by atoms with Crippen LogP contribution in [0.25, 0.3) is 0 Å². The average molecular weight is 165 g/mol. The van der Waals surface area contributed by atoms with Crippen molar-refractivity contribution >= 4 is 5.82 Å². The Morgan fingerprint density at radius 2 is 2.17 bits per heavy atom. The number of fused-ring (bicyclic) bond motifs is 1. The van der Waals surface area contributed by atoms with Gasteiger partial charge in [0.2, 0.25) is 0 Å². The van der Waals surface area contributed by atoms with Gasteiger partial charge in [-0.1, -0.05) is 0 Å². The fourth-order valence-electron chi connectivity index (χ4n) is 1.38. The highest BCUT2D eigenvalue weighted by Gasteiger charge is 2.17. The van der Waals surface area contributed by atoms with Crippen LogP contribution in [0.15, 0.2) is 0 Å². The average Bonchev–Trinajstić information content (AvgIpc) is 2.50. The van der Waals surface area contributed by atoms with E-state index in [0.29, 0.717) is 13.2 Å². The Labute approximate surface area is 71.0 Å². The topological polar surface area (TPSA) is 47.0 Å². The standard InChI is InChI=1S/C8H11N3O/c1-5-10-7-4-12-3-6(7)8(9-2)11-5/h3-4H2,1-2H3,(H,9,10,11). The molecule has 0 spiro atoms. The Kier molecular flexibility index (Phi) is 1.69. The van der Waals surface area contributed by atoms with Crippen LogP contribution in [-0.2, 0) is 18.0 Å². The molecule has 0 saturated heterocycles. The van der Waals surface area contributed by atoms with Gasteiger partial charge in [-0.15, -0.1) is 0 Å². The van der Waals surface area contributed by atoms with Crippen LogP contribution in [0.2, 0.25) is 0 Å². The molecule has 0 aromatic carbocycles. The van der Waals surface area contributed by atoms with Gasteiger partial charge in [0.15, 0.2) is 0 Å². The van der Waals surface area contributed by atoms with E-state index >= 15 is 0 Å². The van der Waals surface area contributed by atoms with Crippen LogP contribution in [0.3, 0.4) is 0 Å². The molecule has 0 amide bonds. The lowest BCUT2D eigenvalue weighted by Crippen LogP contribution is -2.02. The summed E-state index contributed by atoms with van der Waals surface area (Å²) in [4.78, 5) is 8.55. The quantitative estimate of drug-likeness (QED) is 0.670. The number of aryl methyl sites for hydroxylation is 1. The van der Waals surface area contributed by atoms with E-state index in [1.165, 1.54) is 0 Å². The van der Waals surface area contributed by atoms with Crippen LogP contribution >= 0.6 is 0 Å². The van der Waals surface area contributed by atoms with E-state index < -0.39 is 0 Å². The third-order valence-electron chi connectivity index (χ3n) is 1.93. The first-order valence-electron chi connectivity index (χ1n) is 3.93. The first-order chi connectivity index (χ1) is 5.81. The van der Waals surface area contributed by atoms with Gasteiger partial charge in [-0.25, -0.2) is 9.97 Å². The van der Waals surface area contributed by atoms with Crippen molar-refractivity contribution in [3.8, 4) is 0 Å². The number of nitrogens with zero attached hydrogens (tertiary/aromatic N) is 2. The minimum absolute atomic E-state index is 0.618. The number of hydrogen-bond donors (Lipinski definition) is 1. The largest absolute Gasteiger partial charge is 0.373 e. The number of nitrogens with one attached hydrogen (secondary N) is 1. The van der Waals surface area contributed by atoms with Crippen molar-refractivity contribution in [1.82, 2.24) is 9.97 Å². The molecule has 0 atom stereocenters. The van der Waals surface area contributed by atoms with Gasteiger partial charge in [0, 0.05) is 12.6 Å². The lowest BCUT2D eigenvalue weighted by molar-refractivity contribution is 0.133. The molecule has 4 heteroatoms. The first kappa shape index (κ1) is 7.49. The van der Waals surface area contributed by atoms with Crippen molar-refractivity contribution in [2.75, 3.05) is 12.4 Å². The Balaban J connectivity index is 2.55. The van der Waals surface area contributed by atoms with Gasteiger partial charge >= 0.3 is 0 Å². The third kappa shape index (κ3) is 1.04. The van der Waals surface area contributed by atoms with Crippen molar-refractivity contribution in [3.63, 3.8) is 0 Å². The van der Waals surface area contributed by atoms with E-state index in [-0.39, 0.29) is 0 Å². The maximum atomic E-state index is 5.27. The third-order valence-corrected chi connectivity index (χ3v) is 1.93. The summed E-state index contributed by atoms with van der Waals surface area (Å²) in [6.45, 7) is 3.14. The van der Waals surface area contributed by atoms with Crippen LogP contribution in [0.1, 0.15) is 17.1 Å². The molecule has 4 nitrogen and oxygen atoms in total. The predicted molar refractivity (Wildman–Crippen MR) is 44.8 cm³/mol. The minimum atomic E-state index is 0.618. The van der Waals surface area contributed by atoms with Crippen molar-refractivity contribution < 1.29 is 4.74 Å². The van der Waals surface area contributed by atoms with E-state index in [0.717, 1.165) is 22.9 Å². The molecule has 0 aliphatic carbocycles. The van der Waals surface area contributed by atoms with E-state index in [1.807, 2.05) is 14.0 Å². The second-order valence-electron chi connectivity index (χ2n) is 2.79. The molecular formula is C8H11N3O. The maximum absolute atomic E-state index is 5.27. The highest BCUT2D eigenvalue weighted by molar-refractivity contribution is 5.46. The van der Waals surface area contributed by atoms with Crippen LogP contribution in [-0.4, -0.2) is 17.0 Å². The van der Waals surface area contributed by atoms with Crippen LogP contribution in [0.5, 0.6) is 0 Å². The van der Waals surface area contributed by atoms with Crippen LogP contribution in [0.4, 0.5) is 5.82 Å². The fourth-order valence-corrected chi connectivity index (χ4v) is 1.38. The zero-order chi connectivity index (χ0) is 8.55. The lowest BCUT2D eigenvalue weighted by atomic mass is 10.2. The lowest BCUT2D eigenvalue weighted by Gasteiger charge is -2.05. The smallest absolute Gasteiger partial charge is 0.135 e. The Morgan fingerprint density at radius 1 is 1.33 bits per heavy atom. The molecule has 0 radical (unpaired) electrons. The van der Waals surface area contributed by atoms with E-state index in [9.17, 15) is 0 Å². The number of anilines is 1. The van der Waals surface area contributed by atoms with Gasteiger partial charge < -0.3 is 10.1 Å². The summed E-state index contributed by atoms with van der Waals surface area (Å²) in [5.41, 5.74) is 2.12.